The third kappa shape index (κ3) is 6.36. The summed E-state index contributed by atoms with van der Waals surface area (Å²) in [6, 6.07) is 5.71. The Morgan fingerprint density at radius 2 is 1.93 bits per heavy atom. The molecule has 0 bridgehead atoms. The van der Waals surface area contributed by atoms with Crippen LogP contribution in [0.15, 0.2) is 34.9 Å². The second kappa shape index (κ2) is 13.6. The van der Waals surface area contributed by atoms with Gasteiger partial charge in [0, 0.05) is 47.5 Å². The van der Waals surface area contributed by atoms with Gasteiger partial charge in [-0.25, -0.2) is 15.6 Å². The van der Waals surface area contributed by atoms with E-state index in [1.54, 1.807) is 16.8 Å². The maximum atomic E-state index is 13.5. The first kappa shape index (κ1) is 33.1. The van der Waals surface area contributed by atoms with Crippen molar-refractivity contribution < 1.29 is 24.5 Å². The number of hydrazine groups is 1. The molecule has 7 N–H and O–H groups in total. The normalized spacial score (nSPS) is 19.0. The number of carbonyl (C=O) groups excluding carboxylic acids is 2. The Morgan fingerprint density at radius 1 is 1.20 bits per heavy atom. The van der Waals surface area contributed by atoms with Gasteiger partial charge < -0.3 is 35.6 Å². The van der Waals surface area contributed by atoms with Crippen molar-refractivity contribution in [2.75, 3.05) is 26.2 Å². The van der Waals surface area contributed by atoms with Crippen LogP contribution in [0.2, 0.25) is 0 Å². The van der Waals surface area contributed by atoms with Crippen molar-refractivity contribution in [2.24, 2.45) is 11.6 Å². The number of aryl methyl sites for hydroxylation is 2. The minimum atomic E-state index is -1.53. The van der Waals surface area contributed by atoms with Gasteiger partial charge in [0.2, 0.25) is 5.91 Å². The smallest absolute Gasteiger partial charge is 0.340 e. The highest BCUT2D eigenvalue weighted by Gasteiger charge is 2.35. The van der Waals surface area contributed by atoms with Crippen molar-refractivity contribution in [2.45, 2.75) is 72.4 Å². The molecule has 46 heavy (non-hydrogen) atoms. The molecule has 1 fully saturated rings. The van der Waals surface area contributed by atoms with Gasteiger partial charge in [0.05, 0.1) is 35.6 Å². The number of aliphatic hydroxyl groups excluding tert-OH is 2. The van der Waals surface area contributed by atoms with Crippen molar-refractivity contribution >= 4 is 22.8 Å². The molecular formula is C33H43N7O6. The van der Waals surface area contributed by atoms with Gasteiger partial charge in [-0.3, -0.25) is 14.5 Å². The van der Waals surface area contributed by atoms with Crippen molar-refractivity contribution in [1.29, 1.82) is 0 Å². The Kier molecular flexibility index (Phi) is 9.77. The van der Waals surface area contributed by atoms with E-state index in [1.807, 2.05) is 33.8 Å². The van der Waals surface area contributed by atoms with E-state index in [-0.39, 0.29) is 42.4 Å². The molecule has 1 saturated heterocycles. The number of cyclic esters (lactones) is 1. The average Bonchev–Trinajstić information content (AvgIpc) is 3.39. The predicted molar refractivity (Wildman–Crippen MR) is 173 cm³/mol. The number of ether oxygens (including phenoxy) is 1. The Bertz CT molecular complexity index is 1770. The highest BCUT2D eigenvalue weighted by atomic mass is 16.5. The number of rotatable bonds is 7. The second-order valence-electron chi connectivity index (χ2n) is 11.9. The number of pyridine rings is 2. The number of hydrogen-bond acceptors (Lipinski definition) is 11. The van der Waals surface area contributed by atoms with Gasteiger partial charge >= 0.3 is 5.97 Å². The lowest BCUT2D eigenvalue weighted by molar-refractivity contribution is -0.157. The van der Waals surface area contributed by atoms with Crippen LogP contribution in [0, 0.1) is 13.8 Å². The summed E-state index contributed by atoms with van der Waals surface area (Å²) in [6.45, 7) is 9.77. The number of likely N-dealkylation sites (tertiary alicyclic amines) is 1. The van der Waals surface area contributed by atoms with Crippen molar-refractivity contribution in [3.05, 3.63) is 73.8 Å². The van der Waals surface area contributed by atoms with Crippen LogP contribution in [0.1, 0.15) is 66.2 Å². The molecule has 0 saturated carbocycles. The first-order chi connectivity index (χ1) is 22.0. The molecule has 1 aromatic carbocycles. The van der Waals surface area contributed by atoms with Gasteiger partial charge in [0.15, 0.2) is 6.10 Å². The van der Waals surface area contributed by atoms with Gasteiger partial charge in [-0.1, -0.05) is 13.8 Å². The molecule has 0 aliphatic carbocycles. The Balaban J connectivity index is 0.00000204. The maximum absolute atomic E-state index is 13.5. The predicted octanol–water partition coefficient (Wildman–Crippen LogP) is 1.21. The van der Waals surface area contributed by atoms with Crippen LogP contribution in [-0.2, 0) is 34.0 Å². The number of nitrogens with zero attached hydrogens (tertiary/aromatic N) is 4. The van der Waals surface area contributed by atoms with Crippen LogP contribution in [0.5, 0.6) is 0 Å². The number of esters is 1. The summed E-state index contributed by atoms with van der Waals surface area (Å²) in [5.74, 6) is 5.37. The number of amides is 1. The molecule has 3 aliphatic heterocycles. The van der Waals surface area contributed by atoms with Crippen molar-refractivity contribution in [3.63, 3.8) is 0 Å². The SMILES string of the molecule is CC.Cc1cc2nc3c(c(CN(N)/C=C(\N)CN4CCCC(NC(=O)CO)C4)c2cc1C)Cn1c-3cc2c(c1=O)COC(=O)C2O. The summed E-state index contributed by atoms with van der Waals surface area (Å²) in [5, 5.41) is 24.8. The molecule has 3 aliphatic rings. The van der Waals surface area contributed by atoms with E-state index in [2.05, 4.69) is 16.3 Å². The molecule has 0 spiro atoms. The molecule has 246 valence electrons. The van der Waals surface area contributed by atoms with Crippen LogP contribution >= 0.6 is 0 Å². The van der Waals surface area contributed by atoms with Crippen molar-refractivity contribution in [1.82, 2.24) is 24.8 Å². The fraction of sp³-hybridized carbons (Fsp3) is 0.455. The largest absolute Gasteiger partial charge is 0.458 e. The van der Waals surface area contributed by atoms with Gasteiger partial charge in [0.1, 0.15) is 13.2 Å². The second-order valence-corrected chi connectivity index (χ2v) is 11.9. The topological polar surface area (TPSA) is 189 Å². The molecule has 3 aromatic rings. The lowest BCUT2D eigenvalue weighted by atomic mass is 9.96. The van der Waals surface area contributed by atoms with E-state index in [0.717, 1.165) is 52.5 Å². The summed E-state index contributed by atoms with van der Waals surface area (Å²) in [5.41, 5.74) is 13.0. The minimum absolute atomic E-state index is 0.0517. The molecule has 2 aromatic heterocycles. The van der Waals surface area contributed by atoms with E-state index < -0.39 is 24.6 Å². The van der Waals surface area contributed by atoms with Crippen LogP contribution in [0.4, 0.5) is 0 Å². The van der Waals surface area contributed by atoms with E-state index in [1.165, 1.54) is 5.01 Å². The number of nitrogens with two attached hydrogens (primary N) is 2. The van der Waals surface area contributed by atoms with Crippen LogP contribution in [-0.4, -0.2) is 73.8 Å². The molecule has 0 radical (unpaired) electrons. The Morgan fingerprint density at radius 3 is 2.67 bits per heavy atom. The average molecular weight is 634 g/mol. The quantitative estimate of drug-likeness (QED) is 0.112. The van der Waals surface area contributed by atoms with E-state index in [0.29, 0.717) is 30.2 Å². The number of aliphatic hydroxyl groups is 2. The number of aromatic nitrogens is 2. The van der Waals surface area contributed by atoms with E-state index >= 15 is 0 Å². The first-order valence-corrected chi connectivity index (χ1v) is 15.7. The van der Waals surface area contributed by atoms with Crippen LogP contribution < -0.4 is 22.5 Å². The number of piperidine rings is 1. The number of hydrogen-bond donors (Lipinski definition) is 5. The molecular weight excluding hydrogens is 590 g/mol. The summed E-state index contributed by atoms with van der Waals surface area (Å²) in [4.78, 5) is 44.3. The number of fused-ring (bicyclic) bond motifs is 5. The molecule has 13 nitrogen and oxygen atoms in total. The molecule has 2 atom stereocenters. The standard InChI is InChI=1S/C31H37N7O6.C2H6/c1-16-6-20-22(12-37(33)10-18(32)9-36-5-3-4-19(11-36)34-27(40)14-39)23-13-38-26(28(23)35-25(20)7-17(16)2)8-21-24(30(38)42)15-44-31(43)29(21)41;1-2/h6-8,10,19,29,39,41H,3-5,9,11-15,32-33H2,1-2H3,(H,34,40);1-2H3/b18-10-;. The summed E-state index contributed by atoms with van der Waals surface area (Å²) in [6.07, 6.45) is 1.90. The van der Waals surface area contributed by atoms with E-state index in [9.17, 15) is 19.5 Å². The zero-order valence-electron chi connectivity index (χ0n) is 26.8. The first-order valence-electron chi connectivity index (χ1n) is 15.7. The Hall–Kier alpha value is -4.30. The third-order valence-corrected chi connectivity index (χ3v) is 8.78. The number of nitrogens with one attached hydrogen (secondary N) is 1. The maximum Gasteiger partial charge on any atom is 0.340 e. The lowest BCUT2D eigenvalue weighted by Crippen LogP contribution is -2.49. The zero-order chi connectivity index (χ0) is 33.3. The van der Waals surface area contributed by atoms with Crippen LogP contribution in [0.3, 0.4) is 0 Å². The van der Waals surface area contributed by atoms with Gasteiger partial charge in [0.25, 0.3) is 5.56 Å². The molecule has 13 heteroatoms. The monoisotopic (exact) mass is 633 g/mol. The fourth-order valence-electron chi connectivity index (χ4n) is 6.48. The molecule has 2 unspecified atom stereocenters. The van der Waals surface area contributed by atoms with Crippen LogP contribution in [0.25, 0.3) is 22.3 Å². The summed E-state index contributed by atoms with van der Waals surface area (Å²) < 4.78 is 6.64. The number of carbonyl (C=O) groups is 2. The van der Waals surface area contributed by atoms with Gasteiger partial charge in [-0.15, -0.1) is 0 Å². The molecule has 1 amide bonds. The van der Waals surface area contributed by atoms with Gasteiger partial charge in [-0.05, 0) is 68.1 Å². The van der Waals surface area contributed by atoms with Crippen molar-refractivity contribution in [3.8, 4) is 11.4 Å². The Labute approximate surface area is 267 Å². The van der Waals surface area contributed by atoms with E-state index in [4.69, 9.17) is 26.4 Å². The summed E-state index contributed by atoms with van der Waals surface area (Å²) in [7, 11) is 0. The number of benzene rings is 1. The fourth-order valence-corrected chi connectivity index (χ4v) is 6.48. The highest BCUT2D eigenvalue weighted by Crippen LogP contribution is 2.38. The molecule has 6 rings (SSSR count). The highest BCUT2D eigenvalue weighted by molar-refractivity contribution is 5.89. The lowest BCUT2D eigenvalue weighted by Gasteiger charge is -2.33. The zero-order valence-corrected chi connectivity index (χ0v) is 26.8. The molecule has 5 heterocycles. The summed E-state index contributed by atoms with van der Waals surface area (Å²) >= 11 is 0. The van der Waals surface area contributed by atoms with Gasteiger partial charge in [-0.2, -0.15) is 0 Å². The minimum Gasteiger partial charge on any atom is -0.458 e. The third-order valence-electron chi connectivity index (χ3n) is 8.78.